The molecule has 12 heavy (non-hydrogen) atoms. The highest BCUT2D eigenvalue weighted by Gasteiger charge is 1.91. The highest BCUT2D eigenvalue weighted by Crippen LogP contribution is 2.05. The van der Waals surface area contributed by atoms with Crippen LogP contribution in [0, 0.1) is 0 Å². The third-order valence-electron chi connectivity index (χ3n) is 1.39. The molecule has 0 aliphatic carbocycles. The molecule has 0 aliphatic rings. The van der Waals surface area contributed by atoms with E-state index in [0.717, 1.165) is 11.3 Å². The van der Waals surface area contributed by atoms with Gasteiger partial charge in [0.25, 0.3) is 0 Å². The molecule has 2 heteroatoms. The fourth-order valence-electron chi connectivity index (χ4n) is 0.718. The number of nitrogens with two attached hydrogens (primary N) is 2. The average Bonchev–Trinajstić information content (AvgIpc) is 2.11. The minimum Gasteiger partial charge on any atom is -0.405 e. The van der Waals surface area contributed by atoms with E-state index < -0.39 is 0 Å². The van der Waals surface area contributed by atoms with E-state index in [-0.39, 0.29) is 0 Å². The van der Waals surface area contributed by atoms with E-state index in [0.29, 0.717) is 0 Å². The molecule has 0 unspecified atom stereocenters. The highest BCUT2D eigenvalue weighted by atomic mass is 14.6. The van der Waals surface area contributed by atoms with Crippen LogP contribution < -0.4 is 11.5 Å². The number of rotatable bonds is 3. The predicted molar refractivity (Wildman–Crippen MR) is 54.2 cm³/mol. The summed E-state index contributed by atoms with van der Waals surface area (Å²) >= 11 is 0. The molecule has 66 valence electrons. The van der Waals surface area contributed by atoms with Gasteiger partial charge in [0, 0.05) is 5.70 Å². The van der Waals surface area contributed by atoms with Crippen molar-refractivity contribution in [2.24, 2.45) is 11.5 Å². The highest BCUT2D eigenvalue weighted by molar-refractivity contribution is 5.39. The lowest BCUT2D eigenvalue weighted by Crippen LogP contribution is -1.99. The molecule has 0 radical (unpaired) electrons. The van der Waals surface area contributed by atoms with Crippen molar-refractivity contribution in [3.8, 4) is 0 Å². The zero-order chi connectivity index (χ0) is 9.40. The third-order valence-corrected chi connectivity index (χ3v) is 1.39. The van der Waals surface area contributed by atoms with E-state index in [1.54, 1.807) is 6.08 Å². The summed E-state index contributed by atoms with van der Waals surface area (Å²) in [5.74, 6) is 0. The Morgan fingerprint density at radius 1 is 1.25 bits per heavy atom. The van der Waals surface area contributed by atoms with Crippen molar-refractivity contribution < 1.29 is 0 Å². The van der Waals surface area contributed by atoms with Crippen LogP contribution in [0.2, 0.25) is 0 Å². The number of allylic oxidation sites excluding steroid dienone is 5. The quantitative estimate of drug-likeness (QED) is 0.625. The van der Waals surface area contributed by atoms with E-state index in [1.165, 1.54) is 6.20 Å². The second-order valence-electron chi connectivity index (χ2n) is 2.25. The Balaban J connectivity index is 4.66. The van der Waals surface area contributed by atoms with Gasteiger partial charge in [-0.3, -0.25) is 0 Å². The van der Waals surface area contributed by atoms with Gasteiger partial charge in [-0.05, 0) is 31.7 Å². The van der Waals surface area contributed by atoms with Gasteiger partial charge in [0.2, 0.25) is 0 Å². The van der Waals surface area contributed by atoms with Crippen LogP contribution in [0.5, 0.6) is 0 Å². The molecule has 0 aromatic rings. The lowest BCUT2D eigenvalue weighted by molar-refractivity contribution is 1.32. The van der Waals surface area contributed by atoms with Crippen molar-refractivity contribution in [3.63, 3.8) is 0 Å². The Labute approximate surface area is 73.9 Å². The second kappa shape index (κ2) is 6.28. The lowest BCUT2D eigenvalue weighted by Gasteiger charge is -1.99. The Hall–Kier alpha value is -1.44. The molecular weight excluding hydrogens is 148 g/mol. The maximum atomic E-state index is 5.70. The second-order valence-corrected chi connectivity index (χ2v) is 2.25. The molecule has 4 N–H and O–H groups in total. The van der Waals surface area contributed by atoms with Crippen molar-refractivity contribution in [3.05, 3.63) is 47.9 Å². The van der Waals surface area contributed by atoms with Gasteiger partial charge in [0.05, 0.1) is 0 Å². The lowest BCUT2D eigenvalue weighted by atomic mass is 10.1. The summed E-state index contributed by atoms with van der Waals surface area (Å²) in [4.78, 5) is 0. The maximum absolute atomic E-state index is 5.70. The van der Waals surface area contributed by atoms with E-state index >= 15 is 0 Å². The van der Waals surface area contributed by atoms with Crippen LogP contribution in [-0.4, -0.2) is 0 Å². The first kappa shape index (κ1) is 10.6. The average molecular weight is 164 g/mol. The van der Waals surface area contributed by atoms with Crippen LogP contribution in [0.25, 0.3) is 0 Å². The summed E-state index contributed by atoms with van der Waals surface area (Å²) in [7, 11) is 0. The molecule has 0 saturated carbocycles. The minimum absolute atomic E-state index is 0.731. The van der Waals surface area contributed by atoms with Crippen LogP contribution >= 0.6 is 0 Å². The normalized spacial score (nSPS) is 14.8. The standard InChI is InChI=1S/C10H16N2/c1-3-5-6-9(7-8-11)10(12)4-2/h3-8H,11-12H2,1-2H3/b5-3-,8-7-,9-6-,10-4-. The molecule has 0 aromatic heterocycles. The Kier molecular flexibility index (Phi) is 5.53. The molecule has 0 aromatic carbocycles. The van der Waals surface area contributed by atoms with Gasteiger partial charge < -0.3 is 11.5 Å². The Morgan fingerprint density at radius 3 is 2.33 bits per heavy atom. The van der Waals surface area contributed by atoms with E-state index in [4.69, 9.17) is 11.5 Å². The van der Waals surface area contributed by atoms with E-state index in [9.17, 15) is 0 Å². The zero-order valence-electron chi connectivity index (χ0n) is 7.62. The summed E-state index contributed by atoms with van der Waals surface area (Å²) in [5.41, 5.74) is 12.6. The van der Waals surface area contributed by atoms with Crippen LogP contribution in [0.15, 0.2) is 47.9 Å². The van der Waals surface area contributed by atoms with Gasteiger partial charge in [0.15, 0.2) is 0 Å². The first-order valence-electron chi connectivity index (χ1n) is 3.89. The Bertz CT molecular complexity index is 232. The molecule has 0 saturated heterocycles. The summed E-state index contributed by atoms with van der Waals surface area (Å²) in [6.45, 7) is 3.84. The smallest absolute Gasteiger partial charge is 0.0344 e. The van der Waals surface area contributed by atoms with Gasteiger partial charge in [-0.15, -0.1) is 0 Å². The summed E-state index contributed by atoms with van der Waals surface area (Å²) in [6, 6.07) is 0. The summed E-state index contributed by atoms with van der Waals surface area (Å²) in [6.07, 6.45) is 10.9. The summed E-state index contributed by atoms with van der Waals surface area (Å²) < 4.78 is 0. The first-order valence-corrected chi connectivity index (χ1v) is 3.89. The van der Waals surface area contributed by atoms with Crippen LogP contribution in [-0.2, 0) is 0 Å². The van der Waals surface area contributed by atoms with Gasteiger partial charge in [-0.2, -0.15) is 0 Å². The molecule has 0 spiro atoms. The zero-order valence-corrected chi connectivity index (χ0v) is 7.62. The third kappa shape index (κ3) is 3.66. The van der Waals surface area contributed by atoms with Crippen molar-refractivity contribution >= 4 is 0 Å². The molecule has 0 rings (SSSR count). The van der Waals surface area contributed by atoms with Crippen LogP contribution in [0.3, 0.4) is 0 Å². The minimum atomic E-state index is 0.731. The van der Waals surface area contributed by atoms with E-state index in [1.807, 2.05) is 38.2 Å². The summed E-state index contributed by atoms with van der Waals surface area (Å²) in [5, 5.41) is 0. The molecule has 2 nitrogen and oxygen atoms in total. The first-order chi connectivity index (χ1) is 5.76. The van der Waals surface area contributed by atoms with Crippen molar-refractivity contribution in [2.45, 2.75) is 13.8 Å². The topological polar surface area (TPSA) is 52.0 Å². The molecule has 0 atom stereocenters. The molecule has 0 fully saturated rings. The molecule has 0 amide bonds. The predicted octanol–water partition coefficient (Wildman–Crippen LogP) is 1.82. The largest absolute Gasteiger partial charge is 0.405 e. The van der Waals surface area contributed by atoms with Crippen molar-refractivity contribution in [1.29, 1.82) is 0 Å². The molecule has 0 bridgehead atoms. The van der Waals surface area contributed by atoms with Gasteiger partial charge in [0.1, 0.15) is 0 Å². The van der Waals surface area contributed by atoms with Crippen LogP contribution in [0.1, 0.15) is 13.8 Å². The molecule has 0 heterocycles. The van der Waals surface area contributed by atoms with Gasteiger partial charge >= 0.3 is 0 Å². The van der Waals surface area contributed by atoms with Crippen molar-refractivity contribution in [1.82, 2.24) is 0 Å². The number of hydrogen-bond donors (Lipinski definition) is 2. The fourth-order valence-corrected chi connectivity index (χ4v) is 0.718. The number of hydrogen-bond acceptors (Lipinski definition) is 2. The van der Waals surface area contributed by atoms with Gasteiger partial charge in [-0.25, -0.2) is 0 Å². The maximum Gasteiger partial charge on any atom is 0.0344 e. The fraction of sp³-hybridized carbons (Fsp3) is 0.200. The molecule has 0 aliphatic heterocycles. The SMILES string of the molecule is C\C=C/C=C(/C=C\N)C(\N)=C\C. The Morgan fingerprint density at radius 2 is 1.92 bits per heavy atom. The van der Waals surface area contributed by atoms with Crippen molar-refractivity contribution in [2.75, 3.05) is 0 Å². The monoisotopic (exact) mass is 164 g/mol. The molecular formula is C10H16N2. The van der Waals surface area contributed by atoms with Crippen LogP contribution in [0.4, 0.5) is 0 Å². The van der Waals surface area contributed by atoms with Gasteiger partial charge in [-0.1, -0.05) is 24.3 Å². The van der Waals surface area contributed by atoms with E-state index in [2.05, 4.69) is 0 Å².